The Kier molecular flexibility index (Phi) is 7.83. The molecule has 4 rings (SSSR count). The normalized spacial score (nSPS) is 14.0. The third kappa shape index (κ3) is 6.52. The van der Waals surface area contributed by atoms with E-state index in [2.05, 4.69) is 10.6 Å². The van der Waals surface area contributed by atoms with Gasteiger partial charge in [-0.3, -0.25) is 9.59 Å². The first-order valence-corrected chi connectivity index (χ1v) is 11.7. The Morgan fingerprint density at radius 3 is 2.54 bits per heavy atom. The maximum absolute atomic E-state index is 13.4. The molecule has 37 heavy (non-hydrogen) atoms. The molecule has 0 unspecified atom stereocenters. The number of hydrogen-bond acceptors (Lipinski definition) is 5. The molecule has 0 saturated carbocycles. The lowest BCUT2D eigenvalue weighted by molar-refractivity contribution is -0.127. The Balaban J connectivity index is 1.44. The van der Waals surface area contributed by atoms with Gasteiger partial charge in [-0.05, 0) is 67.4 Å². The van der Waals surface area contributed by atoms with E-state index in [1.54, 1.807) is 42.5 Å². The summed E-state index contributed by atoms with van der Waals surface area (Å²) in [4.78, 5) is 38.4. The molecular formula is C28H26FN3O5. The van der Waals surface area contributed by atoms with E-state index in [0.29, 0.717) is 34.9 Å². The molecule has 190 valence electrons. The molecule has 1 aliphatic heterocycles. The number of nitrogens with zero attached hydrogens (tertiary/aromatic N) is 1. The fraction of sp³-hybridized carbons (Fsp3) is 0.179. The van der Waals surface area contributed by atoms with Crippen LogP contribution in [-0.4, -0.2) is 35.9 Å². The number of ether oxygens (including phenoxy) is 2. The highest BCUT2D eigenvalue weighted by molar-refractivity contribution is 6.15. The Bertz CT molecular complexity index is 1350. The zero-order valence-electron chi connectivity index (χ0n) is 20.4. The van der Waals surface area contributed by atoms with Crippen molar-refractivity contribution in [3.05, 3.63) is 94.9 Å². The number of anilines is 1. The summed E-state index contributed by atoms with van der Waals surface area (Å²) in [5, 5.41) is 5.18. The van der Waals surface area contributed by atoms with Crippen LogP contribution in [0.5, 0.6) is 11.5 Å². The Morgan fingerprint density at radius 1 is 1.03 bits per heavy atom. The Labute approximate surface area is 213 Å². The zero-order valence-corrected chi connectivity index (χ0v) is 20.4. The number of rotatable bonds is 9. The molecule has 0 radical (unpaired) electrons. The minimum absolute atomic E-state index is 0.0315. The van der Waals surface area contributed by atoms with Gasteiger partial charge in [-0.25, -0.2) is 14.1 Å². The van der Waals surface area contributed by atoms with Crippen LogP contribution >= 0.6 is 0 Å². The molecule has 0 aromatic heterocycles. The molecule has 1 saturated heterocycles. The number of urea groups is 1. The molecule has 8 nitrogen and oxygen atoms in total. The van der Waals surface area contributed by atoms with Crippen LogP contribution in [0.3, 0.4) is 0 Å². The van der Waals surface area contributed by atoms with E-state index in [1.807, 2.05) is 26.0 Å². The Morgan fingerprint density at radius 2 is 1.81 bits per heavy atom. The second-order valence-corrected chi connectivity index (χ2v) is 8.35. The van der Waals surface area contributed by atoms with Gasteiger partial charge in [-0.15, -0.1) is 0 Å². The minimum Gasteiger partial charge on any atom is -0.490 e. The fourth-order valence-electron chi connectivity index (χ4n) is 3.65. The van der Waals surface area contributed by atoms with Gasteiger partial charge in [0.15, 0.2) is 11.5 Å². The predicted molar refractivity (Wildman–Crippen MR) is 136 cm³/mol. The van der Waals surface area contributed by atoms with Crippen LogP contribution in [0, 0.1) is 12.7 Å². The quantitative estimate of drug-likeness (QED) is 0.328. The number of carbonyl (C=O) groups is 3. The van der Waals surface area contributed by atoms with Gasteiger partial charge in [0.25, 0.3) is 5.91 Å². The lowest BCUT2D eigenvalue weighted by Gasteiger charge is -2.13. The van der Waals surface area contributed by atoms with Crippen LogP contribution in [0.25, 0.3) is 6.08 Å². The van der Waals surface area contributed by atoms with Crippen LogP contribution in [0.2, 0.25) is 0 Å². The number of imide groups is 1. The zero-order chi connectivity index (χ0) is 26.4. The van der Waals surface area contributed by atoms with Crippen molar-refractivity contribution in [2.75, 3.05) is 18.5 Å². The third-order valence-corrected chi connectivity index (χ3v) is 5.46. The van der Waals surface area contributed by atoms with E-state index >= 15 is 0 Å². The molecular weight excluding hydrogens is 477 g/mol. The highest BCUT2D eigenvalue weighted by atomic mass is 19.1. The molecule has 1 fully saturated rings. The van der Waals surface area contributed by atoms with E-state index in [0.717, 1.165) is 10.5 Å². The number of halogens is 1. The molecule has 1 heterocycles. The lowest BCUT2D eigenvalue weighted by Crippen LogP contribution is -2.38. The molecule has 0 atom stereocenters. The van der Waals surface area contributed by atoms with Gasteiger partial charge < -0.3 is 20.1 Å². The summed E-state index contributed by atoms with van der Waals surface area (Å²) in [6.45, 7) is 3.84. The smallest absolute Gasteiger partial charge is 0.329 e. The maximum atomic E-state index is 13.4. The molecule has 4 amide bonds. The lowest BCUT2D eigenvalue weighted by atomic mass is 10.1. The van der Waals surface area contributed by atoms with Crippen LogP contribution in [0.15, 0.2) is 72.4 Å². The van der Waals surface area contributed by atoms with Crippen LogP contribution in [0.4, 0.5) is 14.9 Å². The highest BCUT2D eigenvalue weighted by Gasteiger charge is 2.35. The molecule has 9 heteroatoms. The second-order valence-electron chi connectivity index (χ2n) is 8.35. The van der Waals surface area contributed by atoms with Gasteiger partial charge in [0.05, 0.1) is 6.61 Å². The molecule has 0 spiro atoms. The maximum Gasteiger partial charge on any atom is 0.329 e. The van der Waals surface area contributed by atoms with Gasteiger partial charge in [0, 0.05) is 5.69 Å². The van der Waals surface area contributed by atoms with Crippen molar-refractivity contribution < 1.29 is 28.2 Å². The summed E-state index contributed by atoms with van der Waals surface area (Å²) >= 11 is 0. The number of nitrogens with one attached hydrogen (secondary N) is 2. The first kappa shape index (κ1) is 25.4. The number of hydrogen-bond donors (Lipinski definition) is 2. The van der Waals surface area contributed by atoms with Crippen molar-refractivity contribution in [2.45, 2.75) is 20.5 Å². The van der Waals surface area contributed by atoms with Crippen molar-refractivity contribution >= 4 is 29.6 Å². The first-order valence-electron chi connectivity index (χ1n) is 11.7. The molecule has 1 aliphatic rings. The number of aryl methyl sites for hydroxylation is 1. The third-order valence-electron chi connectivity index (χ3n) is 5.46. The molecule has 2 N–H and O–H groups in total. The van der Waals surface area contributed by atoms with E-state index in [-0.39, 0.29) is 18.1 Å². The van der Waals surface area contributed by atoms with Crippen molar-refractivity contribution in [1.29, 1.82) is 0 Å². The summed E-state index contributed by atoms with van der Waals surface area (Å²) < 4.78 is 24.9. The van der Waals surface area contributed by atoms with Crippen molar-refractivity contribution in [3.63, 3.8) is 0 Å². The number of carbonyl (C=O) groups excluding carboxylic acids is 3. The Hall–Kier alpha value is -4.66. The molecule has 0 bridgehead atoms. The van der Waals surface area contributed by atoms with Crippen LogP contribution in [-0.2, 0) is 16.2 Å². The monoisotopic (exact) mass is 503 g/mol. The summed E-state index contributed by atoms with van der Waals surface area (Å²) in [5.74, 6) is -0.581. The van der Waals surface area contributed by atoms with E-state index in [9.17, 15) is 18.8 Å². The summed E-state index contributed by atoms with van der Waals surface area (Å²) in [5.41, 5.74) is 2.89. The predicted octanol–water partition coefficient (Wildman–Crippen LogP) is 4.64. The van der Waals surface area contributed by atoms with Crippen LogP contribution in [0.1, 0.15) is 23.6 Å². The summed E-state index contributed by atoms with van der Waals surface area (Å²) in [7, 11) is 0. The second kappa shape index (κ2) is 11.4. The first-order chi connectivity index (χ1) is 17.8. The molecule has 0 aliphatic carbocycles. The topological polar surface area (TPSA) is 97.0 Å². The molecule has 3 aromatic rings. The van der Waals surface area contributed by atoms with Crippen molar-refractivity contribution in [2.24, 2.45) is 0 Å². The van der Waals surface area contributed by atoms with E-state index in [1.165, 1.54) is 18.2 Å². The van der Waals surface area contributed by atoms with Crippen LogP contribution < -0.4 is 20.1 Å². The van der Waals surface area contributed by atoms with E-state index in [4.69, 9.17) is 9.47 Å². The fourth-order valence-corrected chi connectivity index (χ4v) is 3.65. The van der Waals surface area contributed by atoms with Crippen molar-refractivity contribution in [3.8, 4) is 11.5 Å². The minimum atomic E-state index is -0.685. The van der Waals surface area contributed by atoms with Gasteiger partial charge >= 0.3 is 6.03 Å². The summed E-state index contributed by atoms with van der Waals surface area (Å²) in [6.07, 6.45) is 1.50. The van der Waals surface area contributed by atoms with Gasteiger partial charge in [0.2, 0.25) is 5.91 Å². The standard InChI is InChI=1S/C28H26FN3O5/c1-3-36-25-15-19(9-12-24(25)37-17-20-5-4-6-21(29)13-20)14-23-27(34)32(28(35)31-23)16-26(33)30-22-10-7-18(2)8-11-22/h4-15H,3,16-17H2,1-2H3,(H,30,33)(H,31,35)/b23-14+. The highest BCUT2D eigenvalue weighted by Crippen LogP contribution is 2.30. The van der Waals surface area contributed by atoms with Gasteiger partial charge in [0.1, 0.15) is 24.7 Å². The largest absolute Gasteiger partial charge is 0.490 e. The van der Waals surface area contributed by atoms with Crippen molar-refractivity contribution in [1.82, 2.24) is 10.2 Å². The van der Waals surface area contributed by atoms with Gasteiger partial charge in [-0.1, -0.05) is 35.9 Å². The van der Waals surface area contributed by atoms with E-state index < -0.39 is 24.4 Å². The average Bonchev–Trinajstić information content (AvgIpc) is 3.12. The van der Waals surface area contributed by atoms with Gasteiger partial charge in [-0.2, -0.15) is 0 Å². The number of amides is 4. The average molecular weight is 504 g/mol. The SMILES string of the molecule is CCOc1cc(/C=C2/NC(=O)N(CC(=O)Nc3ccc(C)cc3)C2=O)ccc1OCc1cccc(F)c1. The summed E-state index contributed by atoms with van der Waals surface area (Å²) in [6, 6.07) is 17.6. The number of benzene rings is 3. The molecule has 3 aromatic carbocycles.